The molecule has 0 radical (unpaired) electrons. The van der Waals surface area contributed by atoms with Crippen LogP contribution in [-0.2, 0) is 0 Å². The van der Waals surface area contributed by atoms with Crippen LogP contribution in [0.2, 0.25) is 0 Å². The lowest BCUT2D eigenvalue weighted by Crippen LogP contribution is -2.51. The van der Waals surface area contributed by atoms with Crippen molar-refractivity contribution in [2.45, 2.75) is 37.5 Å². The molecule has 6 nitrogen and oxygen atoms in total. The molecule has 1 amide bonds. The highest BCUT2D eigenvalue weighted by Crippen LogP contribution is 2.24. The summed E-state index contributed by atoms with van der Waals surface area (Å²) in [7, 11) is 0. The molecule has 25 heavy (non-hydrogen) atoms. The monoisotopic (exact) mass is 345 g/mol. The summed E-state index contributed by atoms with van der Waals surface area (Å²) in [5.41, 5.74) is 0.874. The molecular weight excluding hydrogens is 325 g/mol. The lowest BCUT2D eigenvalue weighted by molar-refractivity contribution is -0.0277. The van der Waals surface area contributed by atoms with Gasteiger partial charge in [-0.3, -0.25) is 9.78 Å². The first kappa shape index (κ1) is 17.3. The standard InChI is InChI=1S/C18H20FN3O3/c19-12-4-1-2-5-13(12)21-15-10-20-9-8-11(15)18(25)22-14-6-3-7-16(23)17(14)24/h1-2,4-5,8-10,14,16-17,21,23-24H,3,6-7H2,(H,22,25)/t14-,16-,17+/m1/s1. The van der Waals surface area contributed by atoms with E-state index in [1.165, 1.54) is 24.5 Å². The van der Waals surface area contributed by atoms with Crippen molar-refractivity contribution in [1.82, 2.24) is 10.3 Å². The zero-order valence-electron chi connectivity index (χ0n) is 13.5. The van der Waals surface area contributed by atoms with Crippen LogP contribution in [0, 0.1) is 5.82 Å². The second-order valence-electron chi connectivity index (χ2n) is 6.09. The molecule has 0 spiro atoms. The first-order valence-corrected chi connectivity index (χ1v) is 8.19. The van der Waals surface area contributed by atoms with E-state index in [1.54, 1.807) is 18.2 Å². The molecule has 4 N–H and O–H groups in total. The third-order valence-corrected chi connectivity index (χ3v) is 4.35. The van der Waals surface area contributed by atoms with E-state index in [1.807, 2.05) is 0 Å². The van der Waals surface area contributed by atoms with Gasteiger partial charge in [-0.1, -0.05) is 12.1 Å². The molecular formula is C18H20FN3O3. The summed E-state index contributed by atoms with van der Waals surface area (Å²) < 4.78 is 13.8. The second kappa shape index (κ2) is 7.58. The highest BCUT2D eigenvalue weighted by atomic mass is 19.1. The van der Waals surface area contributed by atoms with Crippen LogP contribution in [0.4, 0.5) is 15.8 Å². The molecule has 3 atom stereocenters. The third kappa shape index (κ3) is 3.94. The Labute approximate surface area is 144 Å². The van der Waals surface area contributed by atoms with Crippen LogP contribution >= 0.6 is 0 Å². The predicted molar refractivity (Wildman–Crippen MR) is 91.0 cm³/mol. The van der Waals surface area contributed by atoms with E-state index in [4.69, 9.17) is 0 Å². The smallest absolute Gasteiger partial charge is 0.253 e. The molecule has 132 valence electrons. The van der Waals surface area contributed by atoms with Gasteiger partial charge in [0.1, 0.15) is 5.82 Å². The molecule has 2 aromatic rings. The van der Waals surface area contributed by atoms with Gasteiger partial charge in [-0.15, -0.1) is 0 Å². The minimum Gasteiger partial charge on any atom is -0.390 e. The average Bonchev–Trinajstić information content (AvgIpc) is 2.61. The SMILES string of the molecule is O=C(N[C@@H]1CCC[C@@H](O)[C@H]1O)c1ccncc1Nc1ccccc1F. The third-order valence-electron chi connectivity index (χ3n) is 4.35. The molecule has 1 aromatic carbocycles. The van der Waals surface area contributed by atoms with Gasteiger partial charge in [0.2, 0.25) is 0 Å². The fourth-order valence-corrected chi connectivity index (χ4v) is 2.96. The van der Waals surface area contributed by atoms with Gasteiger partial charge in [-0.2, -0.15) is 0 Å². The van der Waals surface area contributed by atoms with Gasteiger partial charge in [0.15, 0.2) is 0 Å². The van der Waals surface area contributed by atoms with E-state index in [2.05, 4.69) is 15.6 Å². The van der Waals surface area contributed by atoms with Crippen LogP contribution in [0.3, 0.4) is 0 Å². The largest absolute Gasteiger partial charge is 0.390 e. The molecule has 1 aromatic heterocycles. The molecule has 0 aliphatic heterocycles. The molecule has 7 heteroatoms. The van der Waals surface area contributed by atoms with Gasteiger partial charge in [-0.25, -0.2) is 4.39 Å². The number of nitrogens with one attached hydrogen (secondary N) is 2. The van der Waals surface area contributed by atoms with E-state index in [0.717, 1.165) is 6.42 Å². The number of aromatic nitrogens is 1. The van der Waals surface area contributed by atoms with Gasteiger partial charge in [0.05, 0.1) is 41.4 Å². The summed E-state index contributed by atoms with van der Waals surface area (Å²) in [5, 5.41) is 25.4. The topological polar surface area (TPSA) is 94.5 Å². The van der Waals surface area contributed by atoms with E-state index in [9.17, 15) is 19.4 Å². The van der Waals surface area contributed by atoms with Crippen LogP contribution in [0.5, 0.6) is 0 Å². The lowest BCUT2D eigenvalue weighted by Gasteiger charge is -2.32. The van der Waals surface area contributed by atoms with Crippen molar-refractivity contribution in [3.05, 3.63) is 54.1 Å². The van der Waals surface area contributed by atoms with Gasteiger partial charge < -0.3 is 20.8 Å². The normalized spacial score (nSPS) is 23.1. The Bertz CT molecular complexity index is 756. The van der Waals surface area contributed by atoms with Crippen LogP contribution in [-0.4, -0.2) is 39.4 Å². The van der Waals surface area contributed by atoms with Crippen molar-refractivity contribution >= 4 is 17.3 Å². The minimum absolute atomic E-state index is 0.234. The van der Waals surface area contributed by atoms with Crippen molar-refractivity contribution in [2.24, 2.45) is 0 Å². The molecule has 1 aliphatic carbocycles. The van der Waals surface area contributed by atoms with Gasteiger partial charge in [-0.05, 0) is 37.5 Å². The number of hydrogen-bond donors (Lipinski definition) is 4. The van der Waals surface area contributed by atoms with Gasteiger partial charge in [0, 0.05) is 6.20 Å². The molecule has 0 unspecified atom stereocenters. The number of carbonyl (C=O) groups excluding carboxylic acids is 1. The first-order chi connectivity index (χ1) is 12.1. The summed E-state index contributed by atoms with van der Waals surface area (Å²) in [6.45, 7) is 0. The van der Waals surface area contributed by atoms with Crippen LogP contribution in [0.1, 0.15) is 29.6 Å². The summed E-state index contributed by atoms with van der Waals surface area (Å²) in [6.07, 6.45) is 2.89. The van der Waals surface area contributed by atoms with Crippen molar-refractivity contribution in [3.63, 3.8) is 0 Å². The maximum atomic E-state index is 13.8. The summed E-state index contributed by atoms with van der Waals surface area (Å²) >= 11 is 0. The average molecular weight is 345 g/mol. The highest BCUT2D eigenvalue weighted by molar-refractivity contribution is 6.00. The quantitative estimate of drug-likeness (QED) is 0.680. The second-order valence-corrected chi connectivity index (χ2v) is 6.09. The van der Waals surface area contributed by atoms with E-state index >= 15 is 0 Å². The number of aliphatic hydroxyl groups excluding tert-OH is 2. The molecule has 0 bridgehead atoms. The summed E-state index contributed by atoms with van der Waals surface area (Å²) in [4.78, 5) is 16.6. The van der Waals surface area contributed by atoms with Crippen molar-refractivity contribution in [2.75, 3.05) is 5.32 Å². The Morgan fingerprint density at radius 1 is 1.16 bits per heavy atom. The van der Waals surface area contributed by atoms with Gasteiger partial charge in [0.25, 0.3) is 5.91 Å². The number of pyridine rings is 1. The predicted octanol–water partition coefficient (Wildman–Crippen LogP) is 1.97. The first-order valence-electron chi connectivity index (χ1n) is 8.19. The molecule has 0 saturated heterocycles. The lowest BCUT2D eigenvalue weighted by atomic mass is 9.90. The maximum Gasteiger partial charge on any atom is 0.253 e. The Kier molecular flexibility index (Phi) is 5.25. The van der Waals surface area contributed by atoms with Crippen LogP contribution in [0.25, 0.3) is 0 Å². The molecule has 1 aliphatic rings. The van der Waals surface area contributed by atoms with Gasteiger partial charge >= 0.3 is 0 Å². The molecule has 1 saturated carbocycles. The van der Waals surface area contributed by atoms with Crippen LogP contribution < -0.4 is 10.6 Å². The fraction of sp³-hybridized carbons (Fsp3) is 0.333. The van der Waals surface area contributed by atoms with Crippen molar-refractivity contribution in [3.8, 4) is 0 Å². The number of amides is 1. The van der Waals surface area contributed by atoms with Crippen molar-refractivity contribution < 1.29 is 19.4 Å². The number of benzene rings is 1. The van der Waals surface area contributed by atoms with Crippen molar-refractivity contribution in [1.29, 1.82) is 0 Å². The van der Waals surface area contributed by atoms with E-state index in [-0.39, 0.29) is 11.3 Å². The van der Waals surface area contributed by atoms with E-state index < -0.39 is 30.0 Å². The Balaban J connectivity index is 1.78. The number of carbonyl (C=O) groups is 1. The Hall–Kier alpha value is -2.51. The molecule has 1 fully saturated rings. The summed E-state index contributed by atoms with van der Waals surface area (Å²) in [6, 6.07) is 7.13. The number of aliphatic hydroxyl groups is 2. The highest BCUT2D eigenvalue weighted by Gasteiger charge is 2.32. The zero-order valence-corrected chi connectivity index (χ0v) is 13.5. The number of para-hydroxylation sites is 1. The number of hydrogen-bond acceptors (Lipinski definition) is 5. The number of halogens is 1. The summed E-state index contributed by atoms with van der Waals surface area (Å²) in [5.74, 6) is -0.858. The van der Waals surface area contributed by atoms with E-state index in [0.29, 0.717) is 18.5 Å². The minimum atomic E-state index is -0.998. The maximum absolute atomic E-state index is 13.8. The zero-order chi connectivity index (χ0) is 17.8. The Morgan fingerprint density at radius 2 is 1.96 bits per heavy atom. The number of nitrogens with zero attached hydrogens (tertiary/aromatic N) is 1. The fourth-order valence-electron chi connectivity index (χ4n) is 2.96. The molecule has 1 heterocycles. The number of anilines is 2. The van der Waals surface area contributed by atoms with Crippen LogP contribution in [0.15, 0.2) is 42.7 Å². The Morgan fingerprint density at radius 3 is 2.76 bits per heavy atom. The number of rotatable bonds is 4. The molecule has 3 rings (SSSR count).